The largest absolute Gasteiger partial charge is 0.573 e. The highest BCUT2D eigenvalue weighted by Crippen LogP contribution is 2.26. The number of hydrogen-bond donors (Lipinski definition) is 1. The summed E-state index contributed by atoms with van der Waals surface area (Å²) < 4.78 is 40.1. The molecule has 0 fully saturated rings. The van der Waals surface area contributed by atoms with Gasteiger partial charge in [0.25, 0.3) is 0 Å². The Balaban J connectivity index is 2.03. The van der Waals surface area contributed by atoms with Gasteiger partial charge in [-0.3, -0.25) is 4.79 Å². The van der Waals surface area contributed by atoms with E-state index in [1.165, 1.54) is 12.1 Å². The van der Waals surface area contributed by atoms with Crippen LogP contribution in [0.4, 0.5) is 13.2 Å². The number of nitrogens with one attached hydrogen (secondary N) is 1. The molecule has 0 radical (unpaired) electrons. The van der Waals surface area contributed by atoms with Gasteiger partial charge in [-0.15, -0.1) is 24.8 Å². The molecule has 0 bridgehead atoms. The summed E-state index contributed by atoms with van der Waals surface area (Å²) in [6.45, 7) is 0.365. The standard InChI is InChI=1S/C16H13ClF3NO2/c17-9-15(22)21-10-11-1-3-12(4-2-11)13-5-7-14(8-6-13)23-16(18,19)20/h1-8H,9-10H2,(H,21,22). The lowest BCUT2D eigenvalue weighted by Crippen LogP contribution is -2.23. The number of ether oxygens (including phenoxy) is 1. The van der Waals surface area contributed by atoms with E-state index in [1.807, 2.05) is 24.3 Å². The second-order valence-corrected chi connectivity index (χ2v) is 4.95. The van der Waals surface area contributed by atoms with Gasteiger partial charge in [0.05, 0.1) is 0 Å². The third-order valence-corrected chi connectivity index (χ3v) is 3.23. The lowest BCUT2D eigenvalue weighted by Gasteiger charge is -2.10. The molecular weight excluding hydrogens is 331 g/mol. The summed E-state index contributed by atoms with van der Waals surface area (Å²) in [5.74, 6) is -0.609. The van der Waals surface area contributed by atoms with Crippen molar-refractivity contribution >= 4 is 17.5 Å². The molecule has 7 heteroatoms. The maximum Gasteiger partial charge on any atom is 0.573 e. The van der Waals surface area contributed by atoms with Crippen molar-refractivity contribution in [1.82, 2.24) is 5.32 Å². The van der Waals surface area contributed by atoms with Gasteiger partial charge in [-0.1, -0.05) is 36.4 Å². The highest BCUT2D eigenvalue weighted by Gasteiger charge is 2.30. The van der Waals surface area contributed by atoms with Crippen molar-refractivity contribution < 1.29 is 22.7 Å². The Morgan fingerprint density at radius 1 is 1.00 bits per heavy atom. The topological polar surface area (TPSA) is 38.3 Å². The van der Waals surface area contributed by atoms with E-state index in [0.717, 1.165) is 16.7 Å². The van der Waals surface area contributed by atoms with E-state index in [2.05, 4.69) is 10.1 Å². The van der Waals surface area contributed by atoms with Gasteiger partial charge in [0.15, 0.2) is 0 Å². The van der Waals surface area contributed by atoms with Crippen molar-refractivity contribution in [2.75, 3.05) is 5.88 Å². The Bertz CT molecular complexity index is 655. The van der Waals surface area contributed by atoms with E-state index in [4.69, 9.17) is 11.6 Å². The van der Waals surface area contributed by atoms with Crippen LogP contribution >= 0.6 is 11.6 Å². The van der Waals surface area contributed by atoms with Gasteiger partial charge in [0.1, 0.15) is 11.6 Å². The Morgan fingerprint density at radius 3 is 2.00 bits per heavy atom. The Labute approximate surface area is 136 Å². The lowest BCUT2D eigenvalue weighted by molar-refractivity contribution is -0.274. The minimum atomic E-state index is -4.70. The molecule has 0 aliphatic carbocycles. The SMILES string of the molecule is O=C(CCl)NCc1ccc(-c2ccc(OC(F)(F)F)cc2)cc1. The van der Waals surface area contributed by atoms with E-state index in [-0.39, 0.29) is 17.5 Å². The first-order valence-electron chi connectivity index (χ1n) is 6.65. The van der Waals surface area contributed by atoms with E-state index in [1.54, 1.807) is 12.1 Å². The second kappa shape index (κ2) is 7.37. The van der Waals surface area contributed by atoms with Crippen LogP contribution < -0.4 is 10.1 Å². The Kier molecular flexibility index (Phi) is 5.50. The monoisotopic (exact) mass is 343 g/mol. The molecule has 23 heavy (non-hydrogen) atoms. The zero-order valence-electron chi connectivity index (χ0n) is 11.9. The van der Waals surface area contributed by atoms with E-state index < -0.39 is 6.36 Å². The number of halogens is 4. The molecule has 0 heterocycles. The predicted molar refractivity (Wildman–Crippen MR) is 81.1 cm³/mol. The number of carbonyl (C=O) groups is 1. The second-order valence-electron chi connectivity index (χ2n) is 4.68. The molecule has 0 saturated carbocycles. The zero-order valence-corrected chi connectivity index (χ0v) is 12.6. The number of amides is 1. The smallest absolute Gasteiger partial charge is 0.406 e. The van der Waals surface area contributed by atoms with Crippen molar-refractivity contribution in [3.8, 4) is 16.9 Å². The van der Waals surface area contributed by atoms with Gasteiger partial charge in [-0.25, -0.2) is 0 Å². The summed E-state index contributed by atoms with van der Waals surface area (Å²) in [4.78, 5) is 11.1. The average Bonchev–Trinajstić information content (AvgIpc) is 2.52. The van der Waals surface area contributed by atoms with Crippen LogP contribution in [-0.2, 0) is 11.3 Å². The first kappa shape index (κ1) is 17.1. The number of benzene rings is 2. The summed E-state index contributed by atoms with van der Waals surface area (Å²) >= 11 is 5.38. The zero-order chi connectivity index (χ0) is 16.9. The first-order chi connectivity index (χ1) is 10.9. The van der Waals surface area contributed by atoms with Crippen LogP contribution in [-0.4, -0.2) is 18.1 Å². The summed E-state index contributed by atoms with van der Waals surface area (Å²) in [6, 6.07) is 12.9. The molecule has 1 amide bonds. The van der Waals surface area contributed by atoms with Crippen LogP contribution in [0.5, 0.6) is 5.75 Å². The van der Waals surface area contributed by atoms with Crippen molar-refractivity contribution in [1.29, 1.82) is 0 Å². The number of carbonyl (C=O) groups excluding carboxylic acids is 1. The van der Waals surface area contributed by atoms with Gasteiger partial charge in [0, 0.05) is 6.54 Å². The highest BCUT2D eigenvalue weighted by molar-refractivity contribution is 6.27. The van der Waals surface area contributed by atoms with Crippen molar-refractivity contribution in [3.63, 3.8) is 0 Å². The average molecular weight is 344 g/mol. The fourth-order valence-electron chi connectivity index (χ4n) is 1.91. The van der Waals surface area contributed by atoms with Gasteiger partial charge in [-0.05, 0) is 28.8 Å². The number of rotatable bonds is 5. The van der Waals surface area contributed by atoms with Crippen LogP contribution in [0.2, 0.25) is 0 Å². The van der Waals surface area contributed by atoms with Crippen molar-refractivity contribution in [3.05, 3.63) is 54.1 Å². The molecule has 2 aromatic rings. The molecule has 3 nitrogen and oxygen atoms in total. The molecule has 0 saturated heterocycles. The molecule has 0 aromatic heterocycles. The summed E-state index contributed by atoms with van der Waals surface area (Å²) in [5, 5.41) is 2.64. The van der Waals surface area contributed by atoms with E-state index >= 15 is 0 Å². The maximum atomic E-state index is 12.1. The van der Waals surface area contributed by atoms with Crippen LogP contribution in [0.25, 0.3) is 11.1 Å². The fraction of sp³-hybridized carbons (Fsp3) is 0.188. The van der Waals surface area contributed by atoms with Crippen LogP contribution in [0.15, 0.2) is 48.5 Å². The molecule has 2 aromatic carbocycles. The van der Waals surface area contributed by atoms with Gasteiger partial charge < -0.3 is 10.1 Å². The predicted octanol–water partition coefficient (Wildman–Crippen LogP) is 4.11. The van der Waals surface area contributed by atoms with Crippen molar-refractivity contribution in [2.45, 2.75) is 12.9 Å². The molecular formula is C16H13ClF3NO2. The molecule has 0 atom stereocenters. The number of hydrogen-bond acceptors (Lipinski definition) is 2. The highest BCUT2D eigenvalue weighted by atomic mass is 35.5. The summed E-state index contributed by atoms with van der Waals surface area (Å²) in [7, 11) is 0. The van der Waals surface area contributed by atoms with E-state index in [9.17, 15) is 18.0 Å². The van der Waals surface area contributed by atoms with Gasteiger partial charge >= 0.3 is 6.36 Å². The third-order valence-electron chi connectivity index (χ3n) is 2.99. The van der Waals surface area contributed by atoms with Crippen molar-refractivity contribution in [2.24, 2.45) is 0 Å². The van der Waals surface area contributed by atoms with Crippen LogP contribution in [0.1, 0.15) is 5.56 Å². The Morgan fingerprint density at radius 2 is 1.52 bits per heavy atom. The third kappa shape index (κ3) is 5.49. The molecule has 2 rings (SSSR count). The summed E-state index contributed by atoms with van der Waals surface area (Å²) in [6.07, 6.45) is -4.70. The molecule has 122 valence electrons. The van der Waals surface area contributed by atoms with Crippen LogP contribution in [0.3, 0.4) is 0 Å². The van der Waals surface area contributed by atoms with Gasteiger partial charge in [-0.2, -0.15) is 0 Å². The molecule has 0 spiro atoms. The Hall–Kier alpha value is -2.21. The summed E-state index contributed by atoms with van der Waals surface area (Å²) in [5.41, 5.74) is 2.50. The minimum Gasteiger partial charge on any atom is -0.406 e. The fourth-order valence-corrected chi connectivity index (χ4v) is 2.01. The molecule has 0 aliphatic rings. The lowest BCUT2D eigenvalue weighted by atomic mass is 10.0. The quantitative estimate of drug-likeness (QED) is 0.830. The maximum absolute atomic E-state index is 12.1. The first-order valence-corrected chi connectivity index (χ1v) is 7.18. The number of alkyl halides is 4. The minimum absolute atomic E-state index is 0.0928. The molecule has 1 N–H and O–H groups in total. The molecule has 0 aliphatic heterocycles. The van der Waals surface area contributed by atoms with Crippen LogP contribution in [0, 0.1) is 0 Å². The van der Waals surface area contributed by atoms with E-state index in [0.29, 0.717) is 6.54 Å². The van der Waals surface area contributed by atoms with Gasteiger partial charge in [0.2, 0.25) is 5.91 Å². The normalized spacial score (nSPS) is 11.1. The molecule has 0 unspecified atom stereocenters.